The van der Waals surface area contributed by atoms with Gasteiger partial charge in [-0.15, -0.1) is 0 Å². The first-order chi connectivity index (χ1) is 15.1. The lowest BCUT2D eigenvalue weighted by Crippen LogP contribution is -2.49. The van der Waals surface area contributed by atoms with Crippen LogP contribution in [0.4, 0.5) is 18.9 Å². The number of anilines is 1. The molecule has 1 N–H and O–H groups in total. The summed E-state index contributed by atoms with van der Waals surface area (Å²) in [6, 6.07) is 7.05. The SMILES string of the molecule is Cc1cc(C(=O)N2C[C@H]3CN(c4ccc(C#N)c(C(F)(F)F)c4)CC[C@@]3(CO)C2)nn1C. The van der Waals surface area contributed by atoms with Crippen LogP contribution in [0.5, 0.6) is 0 Å². The maximum atomic E-state index is 13.4. The molecule has 0 aliphatic carbocycles. The zero-order valence-electron chi connectivity index (χ0n) is 17.9. The molecular formula is C22H24F3N5O2. The predicted octanol–water partition coefficient (Wildman–Crippen LogP) is 2.58. The van der Waals surface area contributed by atoms with E-state index in [1.807, 2.05) is 11.8 Å². The second-order valence-electron chi connectivity index (χ2n) is 8.73. The number of carbonyl (C=O) groups excluding carboxylic acids is 1. The highest BCUT2D eigenvalue weighted by molar-refractivity contribution is 5.92. The van der Waals surface area contributed by atoms with Crippen molar-refractivity contribution in [2.24, 2.45) is 18.4 Å². The van der Waals surface area contributed by atoms with Crippen molar-refractivity contribution in [3.63, 3.8) is 0 Å². The number of carbonyl (C=O) groups is 1. The number of hydrogen-bond donors (Lipinski definition) is 1. The summed E-state index contributed by atoms with van der Waals surface area (Å²) < 4.78 is 41.8. The second-order valence-corrected chi connectivity index (χ2v) is 8.73. The van der Waals surface area contributed by atoms with E-state index in [9.17, 15) is 23.1 Å². The van der Waals surface area contributed by atoms with Gasteiger partial charge in [0.15, 0.2) is 5.69 Å². The van der Waals surface area contributed by atoms with Gasteiger partial charge in [0, 0.05) is 55.9 Å². The number of amides is 1. The lowest BCUT2D eigenvalue weighted by Gasteiger charge is -2.43. The molecule has 2 fully saturated rings. The van der Waals surface area contributed by atoms with Gasteiger partial charge in [0.1, 0.15) is 0 Å². The van der Waals surface area contributed by atoms with Gasteiger partial charge in [0.2, 0.25) is 0 Å². The third-order valence-electron chi connectivity index (χ3n) is 6.86. The summed E-state index contributed by atoms with van der Waals surface area (Å²) in [5, 5.41) is 23.5. The number of aliphatic hydroxyl groups is 1. The van der Waals surface area contributed by atoms with Crippen LogP contribution in [-0.4, -0.2) is 58.5 Å². The molecule has 1 aromatic carbocycles. The van der Waals surface area contributed by atoms with Gasteiger partial charge in [0.25, 0.3) is 5.91 Å². The number of benzene rings is 1. The smallest absolute Gasteiger partial charge is 0.396 e. The minimum atomic E-state index is -4.62. The van der Waals surface area contributed by atoms with Crippen LogP contribution in [0.3, 0.4) is 0 Å². The number of rotatable bonds is 3. The Kier molecular flexibility index (Phi) is 5.41. The minimum absolute atomic E-state index is 0.0972. The van der Waals surface area contributed by atoms with Gasteiger partial charge in [-0.05, 0) is 37.6 Å². The number of nitriles is 1. The topological polar surface area (TPSA) is 85.4 Å². The molecule has 3 heterocycles. The van der Waals surface area contributed by atoms with Crippen LogP contribution in [0.15, 0.2) is 24.3 Å². The molecule has 2 aromatic rings. The molecule has 32 heavy (non-hydrogen) atoms. The average Bonchev–Trinajstić information content (AvgIpc) is 3.32. The largest absolute Gasteiger partial charge is 0.417 e. The lowest BCUT2D eigenvalue weighted by molar-refractivity contribution is -0.137. The van der Waals surface area contributed by atoms with Gasteiger partial charge in [-0.3, -0.25) is 9.48 Å². The zero-order chi connectivity index (χ0) is 23.3. The summed E-state index contributed by atoms with van der Waals surface area (Å²) >= 11 is 0. The Morgan fingerprint density at radius 3 is 2.69 bits per heavy atom. The highest BCUT2D eigenvalue weighted by Gasteiger charge is 2.50. The van der Waals surface area contributed by atoms with E-state index in [2.05, 4.69) is 5.10 Å². The third kappa shape index (κ3) is 3.71. The van der Waals surface area contributed by atoms with Gasteiger partial charge >= 0.3 is 6.18 Å². The summed E-state index contributed by atoms with van der Waals surface area (Å²) in [7, 11) is 1.76. The molecule has 1 aromatic heterocycles. The van der Waals surface area contributed by atoms with Crippen molar-refractivity contribution < 1.29 is 23.1 Å². The van der Waals surface area contributed by atoms with Crippen molar-refractivity contribution in [3.05, 3.63) is 46.8 Å². The number of aromatic nitrogens is 2. The highest BCUT2D eigenvalue weighted by Crippen LogP contribution is 2.44. The number of halogens is 3. The molecule has 1 amide bonds. The molecule has 0 unspecified atom stereocenters. The van der Waals surface area contributed by atoms with E-state index in [1.165, 1.54) is 12.1 Å². The van der Waals surface area contributed by atoms with Crippen molar-refractivity contribution in [2.75, 3.05) is 37.7 Å². The molecule has 0 saturated carbocycles. The van der Waals surface area contributed by atoms with Crippen LogP contribution in [0.25, 0.3) is 0 Å². The number of nitrogens with zero attached hydrogens (tertiary/aromatic N) is 5. The maximum Gasteiger partial charge on any atom is 0.417 e. The first-order valence-corrected chi connectivity index (χ1v) is 10.3. The molecule has 0 bridgehead atoms. The van der Waals surface area contributed by atoms with Crippen LogP contribution in [0.2, 0.25) is 0 Å². The number of aliphatic hydroxyl groups excluding tert-OH is 1. The van der Waals surface area contributed by atoms with E-state index < -0.39 is 22.7 Å². The number of piperidine rings is 1. The maximum absolute atomic E-state index is 13.4. The summed E-state index contributed by atoms with van der Waals surface area (Å²) in [5.74, 6) is -0.305. The van der Waals surface area contributed by atoms with Gasteiger partial charge in [-0.2, -0.15) is 23.5 Å². The first kappa shape index (κ1) is 22.1. The van der Waals surface area contributed by atoms with E-state index in [1.54, 1.807) is 28.8 Å². The molecule has 10 heteroatoms. The normalized spacial score (nSPS) is 23.2. The monoisotopic (exact) mass is 447 g/mol. The molecule has 2 saturated heterocycles. The number of likely N-dealkylation sites (tertiary alicyclic amines) is 1. The summed E-state index contributed by atoms with van der Waals surface area (Å²) in [4.78, 5) is 16.5. The van der Waals surface area contributed by atoms with Crippen molar-refractivity contribution in [3.8, 4) is 6.07 Å². The van der Waals surface area contributed by atoms with Crippen LogP contribution < -0.4 is 4.90 Å². The molecular weight excluding hydrogens is 423 g/mol. The van der Waals surface area contributed by atoms with Crippen molar-refractivity contribution >= 4 is 11.6 Å². The number of alkyl halides is 3. The number of aryl methyl sites for hydroxylation is 2. The molecule has 170 valence electrons. The molecule has 2 aliphatic heterocycles. The standard InChI is InChI=1S/C22H24F3N5O2/c1-14-7-19(27-28(14)2)20(32)30-11-16-10-29(6-5-21(16,12-30)13-31)17-4-3-15(9-26)18(8-17)22(23,24)25/h3-4,7-8,16,31H,5-6,10-13H2,1-2H3/t16-,21+/m1/s1. The van der Waals surface area contributed by atoms with E-state index in [4.69, 9.17) is 5.26 Å². The number of fused-ring (bicyclic) bond motifs is 1. The Labute approximate surface area is 183 Å². The Bertz CT molecular complexity index is 1070. The fourth-order valence-corrected chi connectivity index (χ4v) is 4.82. The van der Waals surface area contributed by atoms with Crippen LogP contribution in [0.1, 0.15) is 33.7 Å². The number of hydrogen-bond acceptors (Lipinski definition) is 5. The van der Waals surface area contributed by atoms with E-state index in [-0.39, 0.29) is 18.4 Å². The lowest BCUT2D eigenvalue weighted by atomic mass is 9.73. The molecule has 0 radical (unpaired) electrons. The molecule has 0 spiro atoms. The predicted molar refractivity (Wildman–Crippen MR) is 110 cm³/mol. The average molecular weight is 447 g/mol. The third-order valence-corrected chi connectivity index (χ3v) is 6.86. The summed E-state index contributed by atoms with van der Waals surface area (Å²) in [6.45, 7) is 3.40. The van der Waals surface area contributed by atoms with Crippen molar-refractivity contribution in [1.82, 2.24) is 14.7 Å². The Hall–Kier alpha value is -3.06. The van der Waals surface area contributed by atoms with Crippen LogP contribution >= 0.6 is 0 Å². The van der Waals surface area contributed by atoms with Crippen molar-refractivity contribution in [2.45, 2.75) is 19.5 Å². The second kappa shape index (κ2) is 7.81. The Balaban J connectivity index is 1.57. The fraction of sp³-hybridized carbons (Fsp3) is 0.500. The molecule has 7 nitrogen and oxygen atoms in total. The van der Waals surface area contributed by atoms with Gasteiger partial charge in [-0.1, -0.05) is 0 Å². The van der Waals surface area contributed by atoms with Gasteiger partial charge < -0.3 is 14.9 Å². The quantitative estimate of drug-likeness (QED) is 0.782. The van der Waals surface area contributed by atoms with E-state index >= 15 is 0 Å². The van der Waals surface area contributed by atoms with E-state index in [0.717, 1.165) is 11.8 Å². The molecule has 4 rings (SSSR count). The fourth-order valence-electron chi connectivity index (χ4n) is 4.82. The summed E-state index contributed by atoms with van der Waals surface area (Å²) in [5.41, 5.74) is -0.274. The zero-order valence-corrected chi connectivity index (χ0v) is 17.9. The van der Waals surface area contributed by atoms with Crippen LogP contribution in [0, 0.1) is 29.6 Å². The Morgan fingerprint density at radius 2 is 2.09 bits per heavy atom. The van der Waals surface area contributed by atoms with Crippen LogP contribution in [-0.2, 0) is 13.2 Å². The van der Waals surface area contributed by atoms with Gasteiger partial charge in [-0.25, -0.2) is 0 Å². The molecule has 2 atom stereocenters. The van der Waals surface area contributed by atoms with Crippen molar-refractivity contribution in [1.29, 1.82) is 5.26 Å². The summed E-state index contributed by atoms with van der Waals surface area (Å²) in [6.07, 6.45) is -4.08. The van der Waals surface area contributed by atoms with Gasteiger partial charge in [0.05, 0.1) is 23.8 Å². The highest BCUT2D eigenvalue weighted by atomic mass is 19.4. The van der Waals surface area contributed by atoms with E-state index in [0.29, 0.717) is 44.0 Å². The first-order valence-electron chi connectivity index (χ1n) is 10.3. The Morgan fingerprint density at radius 1 is 1.34 bits per heavy atom. The minimum Gasteiger partial charge on any atom is -0.396 e. The molecule has 2 aliphatic rings.